The highest BCUT2D eigenvalue weighted by molar-refractivity contribution is 6.24. The molecule has 0 aromatic heterocycles. The van der Waals surface area contributed by atoms with E-state index < -0.39 is 0 Å². The van der Waals surface area contributed by atoms with E-state index in [9.17, 15) is 0 Å². The highest BCUT2D eigenvalue weighted by Gasteiger charge is 2.40. The van der Waals surface area contributed by atoms with Crippen molar-refractivity contribution >= 4 is 21.5 Å². The van der Waals surface area contributed by atoms with Crippen LogP contribution in [0.5, 0.6) is 23.0 Å². The van der Waals surface area contributed by atoms with Gasteiger partial charge in [-0.2, -0.15) is 0 Å². The van der Waals surface area contributed by atoms with Gasteiger partial charge in [-0.3, -0.25) is 0 Å². The van der Waals surface area contributed by atoms with Gasteiger partial charge in [-0.1, -0.05) is 63.1 Å². The topological polar surface area (TPSA) is 36.9 Å². The molecule has 0 N–H and O–H groups in total. The van der Waals surface area contributed by atoms with Crippen LogP contribution in [0.15, 0.2) is 36.4 Å². The van der Waals surface area contributed by atoms with Crippen molar-refractivity contribution in [2.24, 2.45) is 0 Å². The molecule has 0 unspecified atom stereocenters. The van der Waals surface area contributed by atoms with Crippen molar-refractivity contribution < 1.29 is 18.9 Å². The van der Waals surface area contributed by atoms with E-state index in [2.05, 4.69) is 77.9 Å². The Morgan fingerprint density at radius 2 is 0.711 bits per heavy atom. The Labute approximate surface area is 226 Å². The van der Waals surface area contributed by atoms with Gasteiger partial charge in [-0.05, 0) is 51.7 Å². The summed E-state index contributed by atoms with van der Waals surface area (Å²) in [6.45, 7) is 15.4. The number of ether oxygens (including phenoxy) is 4. The summed E-state index contributed by atoms with van der Waals surface area (Å²) >= 11 is 0. The minimum absolute atomic E-state index is 0.650. The van der Waals surface area contributed by atoms with Crippen LogP contribution in [-0.4, -0.2) is 26.4 Å². The Hall–Kier alpha value is -3.40. The maximum absolute atomic E-state index is 6.56. The molecule has 0 amide bonds. The molecule has 4 heteroatoms. The second kappa shape index (κ2) is 11.1. The van der Waals surface area contributed by atoms with Crippen LogP contribution in [0.25, 0.3) is 43.8 Å². The fraction of sp³-hybridized carbons (Fsp3) is 0.412. The van der Waals surface area contributed by atoms with E-state index in [1.54, 1.807) is 0 Å². The molecule has 4 nitrogen and oxygen atoms in total. The van der Waals surface area contributed by atoms with Crippen LogP contribution in [0, 0.1) is 13.8 Å². The fourth-order valence-electron chi connectivity index (χ4n) is 5.39. The van der Waals surface area contributed by atoms with Gasteiger partial charge < -0.3 is 18.9 Å². The molecule has 0 heterocycles. The maximum atomic E-state index is 6.56. The zero-order valence-corrected chi connectivity index (χ0v) is 23.8. The monoisotopic (exact) mass is 512 g/mol. The molecule has 0 saturated heterocycles. The van der Waals surface area contributed by atoms with Crippen molar-refractivity contribution in [3.8, 4) is 45.3 Å². The van der Waals surface area contributed by atoms with E-state index in [0.717, 1.165) is 92.5 Å². The van der Waals surface area contributed by atoms with Crippen molar-refractivity contribution in [3.63, 3.8) is 0 Å². The lowest BCUT2D eigenvalue weighted by Crippen LogP contribution is -2.13. The number of fused-ring (bicyclic) bond motifs is 6. The van der Waals surface area contributed by atoms with Gasteiger partial charge in [-0.15, -0.1) is 0 Å². The number of hydrogen-bond acceptors (Lipinski definition) is 4. The summed E-state index contributed by atoms with van der Waals surface area (Å²) in [5.74, 6) is 3.68. The molecular weight excluding hydrogens is 472 g/mol. The zero-order chi connectivity index (χ0) is 26.8. The third-order valence-corrected chi connectivity index (χ3v) is 7.04. The van der Waals surface area contributed by atoms with Crippen LogP contribution in [0.1, 0.15) is 64.5 Å². The summed E-state index contributed by atoms with van der Waals surface area (Å²) in [6.07, 6.45) is 3.74. The predicted octanol–water partition coefficient (Wildman–Crippen LogP) is 9.41. The summed E-state index contributed by atoms with van der Waals surface area (Å²) in [4.78, 5) is 0. The van der Waals surface area contributed by atoms with E-state index in [1.807, 2.05) is 0 Å². The molecule has 0 radical (unpaired) electrons. The first-order chi connectivity index (χ1) is 18.5. The Bertz CT molecular complexity index is 1360. The normalized spacial score (nSPS) is 11.7. The Morgan fingerprint density at radius 1 is 0.421 bits per heavy atom. The van der Waals surface area contributed by atoms with Gasteiger partial charge in [0.25, 0.3) is 0 Å². The molecule has 1 aliphatic carbocycles. The standard InChI is InChI=1S/C34H40O4/c1-7-15-35-31-23-13-11-21(5)19-25(23)33(37-17-9-3)29-27(31)30-28(29)32(36-16-8-2)24-14-12-22(6)20-26(24)34(30)38-18-10-4/h11-14,19-20H,7-10,15-18H2,1-6H3. The first-order valence-electron chi connectivity index (χ1n) is 14.3. The number of benzene rings is 4. The van der Waals surface area contributed by atoms with Crippen molar-refractivity contribution in [1.82, 2.24) is 0 Å². The molecule has 0 fully saturated rings. The van der Waals surface area contributed by atoms with Gasteiger partial charge in [0.15, 0.2) is 0 Å². The van der Waals surface area contributed by atoms with Gasteiger partial charge in [0, 0.05) is 43.8 Å². The van der Waals surface area contributed by atoms with E-state index in [0.29, 0.717) is 26.4 Å². The van der Waals surface area contributed by atoms with Crippen LogP contribution in [0.3, 0.4) is 0 Å². The highest BCUT2D eigenvalue weighted by atomic mass is 16.5. The van der Waals surface area contributed by atoms with Gasteiger partial charge in [0.1, 0.15) is 23.0 Å². The van der Waals surface area contributed by atoms with Crippen molar-refractivity contribution in [2.75, 3.05) is 26.4 Å². The summed E-state index contributed by atoms with van der Waals surface area (Å²) < 4.78 is 26.2. The molecule has 5 rings (SSSR count). The minimum atomic E-state index is 0.650. The number of hydrogen-bond donors (Lipinski definition) is 0. The molecule has 0 spiro atoms. The number of rotatable bonds is 12. The van der Waals surface area contributed by atoms with Gasteiger partial charge in [-0.25, -0.2) is 0 Å². The molecule has 0 atom stereocenters. The molecule has 0 bridgehead atoms. The molecular formula is C34H40O4. The van der Waals surface area contributed by atoms with Gasteiger partial charge in [0.05, 0.1) is 26.4 Å². The van der Waals surface area contributed by atoms with Crippen LogP contribution in [-0.2, 0) is 0 Å². The smallest absolute Gasteiger partial charge is 0.136 e. The Kier molecular flexibility index (Phi) is 7.69. The second-order valence-electron chi connectivity index (χ2n) is 10.3. The van der Waals surface area contributed by atoms with E-state index in [4.69, 9.17) is 18.9 Å². The van der Waals surface area contributed by atoms with Crippen LogP contribution in [0.4, 0.5) is 0 Å². The van der Waals surface area contributed by atoms with E-state index in [1.165, 1.54) is 11.1 Å². The summed E-state index contributed by atoms with van der Waals surface area (Å²) in [6, 6.07) is 13.1. The van der Waals surface area contributed by atoms with Gasteiger partial charge >= 0.3 is 0 Å². The van der Waals surface area contributed by atoms with Crippen molar-refractivity contribution in [2.45, 2.75) is 67.2 Å². The first kappa shape index (κ1) is 26.2. The minimum Gasteiger partial charge on any atom is -0.492 e. The summed E-state index contributed by atoms with van der Waals surface area (Å²) in [5.41, 5.74) is 6.75. The largest absolute Gasteiger partial charge is 0.492 e. The van der Waals surface area contributed by atoms with Crippen LogP contribution in [0.2, 0.25) is 0 Å². The summed E-state index contributed by atoms with van der Waals surface area (Å²) in [5, 5.41) is 4.36. The quantitative estimate of drug-likeness (QED) is 0.167. The Morgan fingerprint density at radius 3 is 1.00 bits per heavy atom. The molecule has 0 aliphatic heterocycles. The SMILES string of the molecule is CCCOc1c2c(c(OCCC)c3cc(C)ccc13)-c1c-2c(OCCC)c2cc(C)ccc2c1OCCC. The third kappa shape index (κ3) is 4.34. The van der Waals surface area contributed by atoms with E-state index >= 15 is 0 Å². The molecule has 4 aromatic carbocycles. The van der Waals surface area contributed by atoms with Crippen molar-refractivity contribution in [3.05, 3.63) is 47.5 Å². The highest BCUT2D eigenvalue weighted by Crippen LogP contribution is 2.67. The van der Waals surface area contributed by atoms with Crippen molar-refractivity contribution in [1.29, 1.82) is 0 Å². The molecule has 1 aliphatic rings. The molecule has 38 heavy (non-hydrogen) atoms. The fourth-order valence-corrected chi connectivity index (χ4v) is 5.39. The zero-order valence-electron chi connectivity index (χ0n) is 23.8. The predicted molar refractivity (Wildman–Crippen MR) is 159 cm³/mol. The lowest BCUT2D eigenvalue weighted by molar-refractivity contribution is 0.308. The van der Waals surface area contributed by atoms with Gasteiger partial charge in [0.2, 0.25) is 0 Å². The lowest BCUT2D eigenvalue weighted by Gasteiger charge is -2.35. The molecule has 200 valence electrons. The Balaban J connectivity index is 1.93. The second-order valence-corrected chi connectivity index (χ2v) is 10.3. The molecule has 4 aromatic rings. The third-order valence-electron chi connectivity index (χ3n) is 7.04. The average Bonchev–Trinajstić information content (AvgIpc) is 2.91. The average molecular weight is 513 g/mol. The molecule has 0 saturated carbocycles. The van der Waals surface area contributed by atoms with Crippen LogP contribution < -0.4 is 18.9 Å². The first-order valence-corrected chi connectivity index (χ1v) is 14.3. The number of aryl methyl sites for hydroxylation is 2. The summed E-state index contributed by atoms with van der Waals surface area (Å²) in [7, 11) is 0. The lowest BCUT2D eigenvalue weighted by atomic mass is 9.74. The maximum Gasteiger partial charge on any atom is 0.136 e. The van der Waals surface area contributed by atoms with Crippen LogP contribution >= 0.6 is 0 Å². The van der Waals surface area contributed by atoms with E-state index in [-0.39, 0.29) is 0 Å².